The van der Waals surface area contributed by atoms with Crippen LogP contribution in [0.2, 0.25) is 0 Å². The second-order valence-electron chi connectivity index (χ2n) is 6.29. The number of nitrogens with one attached hydrogen (secondary N) is 1. The van der Waals surface area contributed by atoms with Gasteiger partial charge in [-0.2, -0.15) is 0 Å². The van der Waals surface area contributed by atoms with Gasteiger partial charge < -0.3 is 16.0 Å². The first-order chi connectivity index (χ1) is 12.1. The van der Waals surface area contributed by atoms with Crippen molar-refractivity contribution in [2.75, 3.05) is 17.2 Å². The Morgan fingerprint density at radius 1 is 1.12 bits per heavy atom. The van der Waals surface area contributed by atoms with Crippen molar-refractivity contribution in [2.24, 2.45) is 0 Å². The van der Waals surface area contributed by atoms with E-state index in [4.69, 9.17) is 5.73 Å². The van der Waals surface area contributed by atoms with Gasteiger partial charge in [-0.15, -0.1) is 0 Å². The summed E-state index contributed by atoms with van der Waals surface area (Å²) in [6, 6.07) is 15.4. The molecule has 25 heavy (non-hydrogen) atoms. The Morgan fingerprint density at radius 2 is 1.88 bits per heavy atom. The molecule has 0 radical (unpaired) electrons. The lowest BCUT2D eigenvalue weighted by Gasteiger charge is -2.16. The van der Waals surface area contributed by atoms with Crippen LogP contribution in [0.25, 0.3) is 0 Å². The number of anilines is 2. The second kappa shape index (κ2) is 7.83. The highest BCUT2D eigenvalue weighted by Gasteiger charge is 2.21. The van der Waals surface area contributed by atoms with E-state index in [2.05, 4.69) is 5.32 Å². The lowest BCUT2D eigenvalue weighted by molar-refractivity contribution is -0.121. The summed E-state index contributed by atoms with van der Waals surface area (Å²) in [4.78, 5) is 25.6. The summed E-state index contributed by atoms with van der Waals surface area (Å²) < 4.78 is 0. The maximum atomic E-state index is 12.0. The molecule has 5 heteroatoms. The minimum atomic E-state index is 0.00190. The summed E-state index contributed by atoms with van der Waals surface area (Å²) in [5.41, 5.74) is 9.55. The first-order valence-electron chi connectivity index (χ1n) is 8.63. The minimum Gasteiger partial charge on any atom is -0.399 e. The molecule has 130 valence electrons. The van der Waals surface area contributed by atoms with E-state index in [1.165, 1.54) is 0 Å². The van der Waals surface area contributed by atoms with E-state index in [0.29, 0.717) is 25.8 Å². The van der Waals surface area contributed by atoms with Gasteiger partial charge in [-0.05, 0) is 42.2 Å². The number of nitrogens with zero attached hydrogens (tertiary/aromatic N) is 1. The average molecular weight is 337 g/mol. The molecule has 0 unspecified atom stereocenters. The zero-order valence-electron chi connectivity index (χ0n) is 14.2. The van der Waals surface area contributed by atoms with Gasteiger partial charge in [-0.25, -0.2) is 0 Å². The Labute approximate surface area is 147 Å². The van der Waals surface area contributed by atoms with E-state index >= 15 is 0 Å². The predicted octanol–water partition coefficient (Wildman–Crippen LogP) is 2.64. The first-order valence-corrected chi connectivity index (χ1v) is 8.63. The molecule has 2 aromatic rings. The van der Waals surface area contributed by atoms with E-state index in [1.54, 1.807) is 0 Å². The fourth-order valence-electron chi connectivity index (χ4n) is 3.01. The number of nitrogens with two attached hydrogens (primary N) is 1. The third-order valence-corrected chi connectivity index (χ3v) is 4.49. The Morgan fingerprint density at radius 3 is 2.56 bits per heavy atom. The number of carbonyl (C=O) groups excluding carboxylic acids is 2. The molecule has 1 fully saturated rings. The normalized spacial score (nSPS) is 13.9. The van der Waals surface area contributed by atoms with E-state index in [1.807, 2.05) is 53.4 Å². The quantitative estimate of drug-likeness (QED) is 0.796. The molecule has 1 heterocycles. The van der Waals surface area contributed by atoms with Crippen LogP contribution in [0.5, 0.6) is 0 Å². The van der Waals surface area contributed by atoms with Gasteiger partial charge >= 0.3 is 0 Å². The Kier molecular flexibility index (Phi) is 5.33. The van der Waals surface area contributed by atoms with Crippen LogP contribution in [-0.4, -0.2) is 18.4 Å². The number of aryl methyl sites for hydroxylation is 1. The second-order valence-corrected chi connectivity index (χ2v) is 6.29. The summed E-state index contributed by atoms with van der Waals surface area (Å²) in [5, 5.41) is 2.93. The zero-order valence-corrected chi connectivity index (χ0v) is 14.2. The third-order valence-electron chi connectivity index (χ3n) is 4.49. The molecule has 3 rings (SSSR count). The number of para-hydroxylation sites is 1. The fourth-order valence-corrected chi connectivity index (χ4v) is 3.01. The van der Waals surface area contributed by atoms with Gasteiger partial charge in [0.05, 0.1) is 0 Å². The zero-order chi connectivity index (χ0) is 17.6. The van der Waals surface area contributed by atoms with Crippen LogP contribution in [0.4, 0.5) is 11.4 Å². The van der Waals surface area contributed by atoms with Gasteiger partial charge in [0, 0.05) is 37.3 Å². The molecule has 0 spiro atoms. The molecule has 2 aromatic carbocycles. The summed E-state index contributed by atoms with van der Waals surface area (Å²) in [6.07, 6.45) is 2.59. The summed E-state index contributed by atoms with van der Waals surface area (Å²) >= 11 is 0. The number of carbonyl (C=O) groups is 2. The van der Waals surface area contributed by atoms with Gasteiger partial charge in [0.25, 0.3) is 0 Å². The van der Waals surface area contributed by atoms with Crippen molar-refractivity contribution < 1.29 is 9.59 Å². The highest BCUT2D eigenvalue weighted by atomic mass is 16.2. The standard InChI is InChI=1S/C20H23N3O2/c21-18-5-2-1-4-16(18)9-12-19(24)22-14-15-7-10-17(11-8-15)23-13-3-6-20(23)25/h1-2,4-5,7-8,10-11H,3,6,9,12-14,21H2,(H,22,24). The largest absolute Gasteiger partial charge is 0.399 e. The van der Waals surface area contributed by atoms with Crippen LogP contribution >= 0.6 is 0 Å². The van der Waals surface area contributed by atoms with E-state index in [9.17, 15) is 9.59 Å². The lowest BCUT2D eigenvalue weighted by atomic mass is 10.1. The number of benzene rings is 2. The maximum Gasteiger partial charge on any atom is 0.227 e. The molecule has 0 aliphatic carbocycles. The molecule has 2 amide bonds. The summed E-state index contributed by atoms with van der Waals surface area (Å²) in [5.74, 6) is 0.184. The van der Waals surface area contributed by atoms with Crippen molar-refractivity contribution in [3.63, 3.8) is 0 Å². The molecule has 0 saturated carbocycles. The van der Waals surface area contributed by atoms with Gasteiger partial charge in [0.2, 0.25) is 11.8 Å². The fraction of sp³-hybridized carbons (Fsp3) is 0.300. The Balaban J connectivity index is 1.47. The van der Waals surface area contributed by atoms with Crippen LogP contribution in [0.15, 0.2) is 48.5 Å². The van der Waals surface area contributed by atoms with Gasteiger partial charge in [0.15, 0.2) is 0 Å². The number of rotatable bonds is 6. The van der Waals surface area contributed by atoms with E-state index < -0.39 is 0 Å². The maximum absolute atomic E-state index is 12.0. The molecule has 0 bridgehead atoms. The topological polar surface area (TPSA) is 75.4 Å². The van der Waals surface area contributed by atoms with Crippen molar-refractivity contribution in [3.05, 3.63) is 59.7 Å². The van der Waals surface area contributed by atoms with Gasteiger partial charge in [-0.3, -0.25) is 9.59 Å². The Bertz CT molecular complexity index is 756. The molecule has 5 nitrogen and oxygen atoms in total. The number of hydrogen-bond acceptors (Lipinski definition) is 3. The van der Waals surface area contributed by atoms with Crippen molar-refractivity contribution in [1.82, 2.24) is 5.32 Å². The highest BCUT2D eigenvalue weighted by molar-refractivity contribution is 5.95. The van der Waals surface area contributed by atoms with Crippen LogP contribution in [0.3, 0.4) is 0 Å². The molecule has 1 aliphatic rings. The summed E-state index contributed by atoms with van der Waals surface area (Å²) in [6.45, 7) is 1.27. The van der Waals surface area contributed by atoms with E-state index in [0.717, 1.165) is 35.5 Å². The molecular weight excluding hydrogens is 314 g/mol. The third kappa shape index (κ3) is 4.38. The minimum absolute atomic E-state index is 0.00190. The molecule has 0 aromatic heterocycles. The van der Waals surface area contributed by atoms with Gasteiger partial charge in [0.1, 0.15) is 0 Å². The SMILES string of the molecule is Nc1ccccc1CCC(=O)NCc1ccc(N2CCCC2=O)cc1. The van der Waals surface area contributed by atoms with E-state index in [-0.39, 0.29) is 11.8 Å². The average Bonchev–Trinajstić information content (AvgIpc) is 3.06. The van der Waals surface area contributed by atoms with Crippen molar-refractivity contribution in [1.29, 1.82) is 0 Å². The van der Waals surface area contributed by atoms with Crippen molar-refractivity contribution in [2.45, 2.75) is 32.2 Å². The summed E-state index contributed by atoms with van der Waals surface area (Å²) in [7, 11) is 0. The Hall–Kier alpha value is -2.82. The lowest BCUT2D eigenvalue weighted by Crippen LogP contribution is -2.24. The van der Waals surface area contributed by atoms with Gasteiger partial charge in [-0.1, -0.05) is 30.3 Å². The van der Waals surface area contributed by atoms with Crippen LogP contribution in [0, 0.1) is 0 Å². The molecular formula is C20H23N3O2. The number of hydrogen-bond donors (Lipinski definition) is 2. The first kappa shape index (κ1) is 17.0. The number of amides is 2. The predicted molar refractivity (Wildman–Crippen MR) is 99.1 cm³/mol. The molecule has 1 saturated heterocycles. The van der Waals surface area contributed by atoms with Crippen LogP contribution in [0.1, 0.15) is 30.4 Å². The number of nitrogen functional groups attached to an aromatic ring is 1. The molecule has 1 aliphatic heterocycles. The highest BCUT2D eigenvalue weighted by Crippen LogP contribution is 2.21. The molecule has 0 atom stereocenters. The monoisotopic (exact) mass is 337 g/mol. The van der Waals surface area contributed by atoms with Crippen molar-refractivity contribution in [3.8, 4) is 0 Å². The smallest absolute Gasteiger partial charge is 0.227 e. The van der Waals surface area contributed by atoms with Crippen LogP contribution < -0.4 is 16.0 Å². The van der Waals surface area contributed by atoms with Crippen LogP contribution in [-0.2, 0) is 22.6 Å². The van der Waals surface area contributed by atoms with Crippen molar-refractivity contribution >= 4 is 23.2 Å². The molecule has 3 N–H and O–H groups in total.